The van der Waals surface area contributed by atoms with Gasteiger partial charge in [0.15, 0.2) is 0 Å². The molecule has 1 N–H and O–H groups in total. The largest absolute Gasteiger partial charge is 0.379 e. The van der Waals surface area contributed by atoms with E-state index in [1.807, 2.05) is 24.4 Å². The van der Waals surface area contributed by atoms with Gasteiger partial charge >= 0.3 is 0 Å². The summed E-state index contributed by atoms with van der Waals surface area (Å²) in [6.07, 6.45) is 0. The number of hydrogen-bond acceptors (Lipinski definition) is 5. The van der Waals surface area contributed by atoms with Gasteiger partial charge in [-0.1, -0.05) is 6.07 Å². The lowest BCUT2D eigenvalue weighted by Crippen LogP contribution is -2.42. The van der Waals surface area contributed by atoms with Crippen molar-refractivity contribution in [3.63, 3.8) is 0 Å². The van der Waals surface area contributed by atoms with E-state index in [0.717, 1.165) is 23.7 Å². The van der Waals surface area contributed by atoms with Gasteiger partial charge in [0.2, 0.25) is 0 Å². The van der Waals surface area contributed by atoms with E-state index >= 15 is 0 Å². The fraction of sp³-hybridized carbons (Fsp3) is 0.500. The molecule has 0 atom stereocenters. The molecule has 18 heavy (non-hydrogen) atoms. The monoisotopic (exact) mass is 267 g/mol. The summed E-state index contributed by atoms with van der Waals surface area (Å²) in [7, 11) is 0. The topological polar surface area (TPSA) is 53.9 Å². The van der Waals surface area contributed by atoms with Crippen LogP contribution in [0.2, 0.25) is 0 Å². The molecule has 5 nitrogen and oxygen atoms in total. The maximum absolute atomic E-state index is 11.7. The van der Waals surface area contributed by atoms with Crippen molar-refractivity contribution in [2.45, 2.75) is 6.92 Å². The summed E-state index contributed by atoms with van der Waals surface area (Å²) in [5.74, 6) is -0.0761. The second-order valence-electron chi connectivity index (χ2n) is 4.10. The van der Waals surface area contributed by atoms with E-state index in [2.05, 4.69) is 15.4 Å². The fourth-order valence-electron chi connectivity index (χ4n) is 1.68. The van der Waals surface area contributed by atoms with Gasteiger partial charge in [0.1, 0.15) is 0 Å². The van der Waals surface area contributed by atoms with E-state index in [-0.39, 0.29) is 5.91 Å². The Morgan fingerprint density at radius 1 is 1.56 bits per heavy atom. The first-order valence-corrected chi connectivity index (χ1v) is 6.81. The molecule has 1 aromatic heterocycles. The lowest BCUT2D eigenvalue weighted by molar-refractivity contribution is -0.123. The molecule has 0 radical (unpaired) electrons. The van der Waals surface area contributed by atoms with Crippen LogP contribution >= 0.6 is 11.3 Å². The summed E-state index contributed by atoms with van der Waals surface area (Å²) < 4.78 is 5.23. The van der Waals surface area contributed by atoms with Crippen LogP contribution in [0.4, 0.5) is 0 Å². The van der Waals surface area contributed by atoms with Crippen molar-refractivity contribution in [3.8, 4) is 0 Å². The van der Waals surface area contributed by atoms with Crippen LogP contribution in [0.15, 0.2) is 22.6 Å². The predicted molar refractivity (Wildman–Crippen MR) is 71.9 cm³/mol. The SMILES string of the molecule is C/C(=N\NC(=O)CN1CCOCC1)c1cccs1. The van der Waals surface area contributed by atoms with Crippen molar-refractivity contribution in [1.82, 2.24) is 10.3 Å². The number of hydrazone groups is 1. The molecule has 1 saturated heterocycles. The molecule has 98 valence electrons. The molecule has 1 aromatic rings. The van der Waals surface area contributed by atoms with Gasteiger partial charge in [0.05, 0.1) is 25.5 Å². The number of hydrogen-bond donors (Lipinski definition) is 1. The maximum atomic E-state index is 11.7. The van der Waals surface area contributed by atoms with Crippen LogP contribution in [0.25, 0.3) is 0 Å². The average molecular weight is 267 g/mol. The normalized spacial score (nSPS) is 17.7. The van der Waals surface area contributed by atoms with Crippen LogP contribution in [0.1, 0.15) is 11.8 Å². The Morgan fingerprint density at radius 3 is 3.00 bits per heavy atom. The molecular formula is C12H17N3O2S. The van der Waals surface area contributed by atoms with Gasteiger partial charge in [-0.25, -0.2) is 5.43 Å². The van der Waals surface area contributed by atoms with E-state index in [1.165, 1.54) is 0 Å². The highest BCUT2D eigenvalue weighted by atomic mass is 32.1. The lowest BCUT2D eigenvalue weighted by Gasteiger charge is -2.25. The molecule has 0 aromatic carbocycles. The van der Waals surface area contributed by atoms with E-state index in [4.69, 9.17) is 4.74 Å². The fourth-order valence-corrected chi connectivity index (χ4v) is 2.36. The average Bonchev–Trinajstić information content (AvgIpc) is 2.91. The zero-order chi connectivity index (χ0) is 12.8. The molecule has 0 saturated carbocycles. The summed E-state index contributed by atoms with van der Waals surface area (Å²) in [6, 6.07) is 3.95. The number of carbonyl (C=O) groups excluding carboxylic acids is 1. The number of rotatable bonds is 4. The lowest BCUT2D eigenvalue weighted by atomic mass is 10.3. The standard InChI is InChI=1S/C12H17N3O2S/c1-10(11-3-2-8-18-11)13-14-12(16)9-15-4-6-17-7-5-15/h2-3,8H,4-7,9H2,1H3,(H,14,16)/b13-10+. The number of ether oxygens (including phenoxy) is 1. The van der Waals surface area contributed by atoms with E-state index in [9.17, 15) is 4.79 Å². The number of amides is 1. The van der Waals surface area contributed by atoms with E-state index in [1.54, 1.807) is 11.3 Å². The number of nitrogens with zero attached hydrogens (tertiary/aromatic N) is 2. The van der Waals surface area contributed by atoms with Gasteiger partial charge in [0, 0.05) is 18.0 Å². The van der Waals surface area contributed by atoms with Crippen molar-refractivity contribution in [3.05, 3.63) is 22.4 Å². The quantitative estimate of drug-likeness (QED) is 0.652. The Hall–Kier alpha value is -1.24. The van der Waals surface area contributed by atoms with Crippen molar-refractivity contribution < 1.29 is 9.53 Å². The number of carbonyl (C=O) groups is 1. The minimum absolute atomic E-state index is 0.0761. The van der Waals surface area contributed by atoms with Gasteiger partial charge in [0.25, 0.3) is 5.91 Å². The molecular weight excluding hydrogens is 250 g/mol. The van der Waals surface area contributed by atoms with E-state index in [0.29, 0.717) is 19.8 Å². The maximum Gasteiger partial charge on any atom is 0.254 e. The van der Waals surface area contributed by atoms with Gasteiger partial charge in [-0.2, -0.15) is 5.10 Å². The van der Waals surface area contributed by atoms with Crippen molar-refractivity contribution in [1.29, 1.82) is 0 Å². The van der Waals surface area contributed by atoms with Gasteiger partial charge in [-0.05, 0) is 18.4 Å². The molecule has 0 spiro atoms. The molecule has 2 heterocycles. The molecule has 6 heteroatoms. The van der Waals surface area contributed by atoms with Crippen molar-refractivity contribution in [2.24, 2.45) is 5.10 Å². The highest BCUT2D eigenvalue weighted by molar-refractivity contribution is 7.12. The van der Waals surface area contributed by atoms with Crippen LogP contribution < -0.4 is 5.43 Å². The second-order valence-corrected chi connectivity index (χ2v) is 5.05. The minimum Gasteiger partial charge on any atom is -0.379 e. The highest BCUT2D eigenvalue weighted by Crippen LogP contribution is 2.09. The van der Waals surface area contributed by atoms with E-state index < -0.39 is 0 Å². The first kappa shape index (κ1) is 13.2. The Morgan fingerprint density at radius 2 is 2.33 bits per heavy atom. The van der Waals surface area contributed by atoms with Gasteiger partial charge in [-0.3, -0.25) is 9.69 Å². The molecule has 1 aliphatic heterocycles. The molecule has 1 aliphatic rings. The molecule has 0 bridgehead atoms. The zero-order valence-corrected chi connectivity index (χ0v) is 11.2. The zero-order valence-electron chi connectivity index (χ0n) is 10.4. The highest BCUT2D eigenvalue weighted by Gasteiger charge is 2.13. The Bertz CT molecular complexity index is 411. The Labute approximate surface area is 110 Å². The minimum atomic E-state index is -0.0761. The third-order valence-corrected chi connectivity index (χ3v) is 3.68. The summed E-state index contributed by atoms with van der Waals surface area (Å²) in [4.78, 5) is 14.8. The number of nitrogens with one attached hydrogen (secondary N) is 1. The molecule has 0 aliphatic carbocycles. The third kappa shape index (κ3) is 3.90. The summed E-state index contributed by atoms with van der Waals surface area (Å²) in [5.41, 5.74) is 3.42. The van der Waals surface area contributed by atoms with Crippen LogP contribution in [0.5, 0.6) is 0 Å². The van der Waals surface area contributed by atoms with Crippen LogP contribution in [0, 0.1) is 0 Å². The second kappa shape index (κ2) is 6.63. The van der Waals surface area contributed by atoms with Crippen molar-refractivity contribution >= 4 is 23.0 Å². The molecule has 1 fully saturated rings. The molecule has 2 rings (SSSR count). The Balaban J connectivity index is 1.78. The number of thiophene rings is 1. The van der Waals surface area contributed by atoms with Gasteiger partial charge in [-0.15, -0.1) is 11.3 Å². The number of morpholine rings is 1. The smallest absolute Gasteiger partial charge is 0.254 e. The van der Waals surface area contributed by atoms with Crippen molar-refractivity contribution in [2.75, 3.05) is 32.8 Å². The molecule has 0 unspecified atom stereocenters. The van der Waals surface area contributed by atoms with Crippen LogP contribution in [0.3, 0.4) is 0 Å². The summed E-state index contributed by atoms with van der Waals surface area (Å²) >= 11 is 1.61. The molecule has 1 amide bonds. The first-order valence-electron chi connectivity index (χ1n) is 5.93. The first-order chi connectivity index (χ1) is 8.75. The summed E-state index contributed by atoms with van der Waals surface area (Å²) in [6.45, 7) is 5.28. The summed E-state index contributed by atoms with van der Waals surface area (Å²) in [5, 5.41) is 6.09. The predicted octanol–water partition coefficient (Wildman–Crippen LogP) is 0.921. The Kier molecular flexibility index (Phi) is 4.86. The van der Waals surface area contributed by atoms with Crippen LogP contribution in [-0.2, 0) is 9.53 Å². The van der Waals surface area contributed by atoms with Gasteiger partial charge < -0.3 is 4.74 Å². The van der Waals surface area contributed by atoms with Crippen LogP contribution in [-0.4, -0.2) is 49.4 Å². The third-order valence-electron chi connectivity index (χ3n) is 2.70.